The SMILES string of the molecule is COc1ccccc1NC(=O)N1CCC(c2nc(CCNC(C)=O)cs2)CC1. The number of anilines is 1. The summed E-state index contributed by atoms with van der Waals surface area (Å²) in [5.74, 6) is 1.02. The second-order valence-corrected chi connectivity index (χ2v) is 7.69. The summed E-state index contributed by atoms with van der Waals surface area (Å²) in [6.45, 7) is 3.53. The molecule has 0 aliphatic carbocycles. The van der Waals surface area contributed by atoms with Gasteiger partial charge in [-0.05, 0) is 25.0 Å². The zero-order valence-corrected chi connectivity index (χ0v) is 17.1. The predicted octanol–water partition coefficient (Wildman–Crippen LogP) is 3.24. The molecule has 3 rings (SSSR count). The van der Waals surface area contributed by atoms with Crippen LogP contribution in [-0.4, -0.2) is 48.6 Å². The van der Waals surface area contributed by atoms with Crippen molar-refractivity contribution in [3.63, 3.8) is 0 Å². The van der Waals surface area contributed by atoms with Crippen LogP contribution in [0.4, 0.5) is 10.5 Å². The fourth-order valence-corrected chi connectivity index (χ4v) is 4.29. The quantitative estimate of drug-likeness (QED) is 0.777. The predicted molar refractivity (Wildman–Crippen MR) is 110 cm³/mol. The summed E-state index contributed by atoms with van der Waals surface area (Å²) < 4.78 is 5.29. The monoisotopic (exact) mass is 402 g/mol. The standard InChI is InChI=1S/C20H26N4O3S/c1-14(25)21-10-7-16-13-28-19(22-16)15-8-11-24(12-9-15)20(26)23-17-5-3-4-6-18(17)27-2/h3-6,13,15H,7-12H2,1-2H3,(H,21,25)(H,23,26). The van der Waals surface area contributed by atoms with E-state index in [0.717, 1.165) is 30.0 Å². The van der Waals surface area contributed by atoms with E-state index < -0.39 is 0 Å². The third-order valence-corrected chi connectivity index (χ3v) is 5.86. The Bertz CT molecular complexity index is 815. The van der Waals surface area contributed by atoms with Crippen LogP contribution in [0.2, 0.25) is 0 Å². The van der Waals surface area contributed by atoms with Gasteiger partial charge in [-0.15, -0.1) is 11.3 Å². The Morgan fingerprint density at radius 1 is 1.29 bits per heavy atom. The van der Waals surface area contributed by atoms with Crippen LogP contribution in [0.5, 0.6) is 5.75 Å². The lowest BCUT2D eigenvalue weighted by Gasteiger charge is -2.31. The van der Waals surface area contributed by atoms with Crippen molar-refractivity contribution in [1.82, 2.24) is 15.2 Å². The number of hydrogen-bond acceptors (Lipinski definition) is 5. The topological polar surface area (TPSA) is 83.6 Å². The number of nitrogens with one attached hydrogen (secondary N) is 2. The zero-order chi connectivity index (χ0) is 19.9. The number of hydrogen-bond donors (Lipinski definition) is 2. The smallest absolute Gasteiger partial charge is 0.321 e. The van der Waals surface area contributed by atoms with Crippen LogP contribution in [0.1, 0.15) is 36.4 Å². The van der Waals surface area contributed by atoms with Crippen molar-refractivity contribution >= 4 is 29.0 Å². The van der Waals surface area contributed by atoms with Crippen molar-refractivity contribution in [3.05, 3.63) is 40.3 Å². The van der Waals surface area contributed by atoms with Crippen molar-refractivity contribution in [3.8, 4) is 5.75 Å². The molecule has 8 heteroatoms. The van der Waals surface area contributed by atoms with Gasteiger partial charge in [0.2, 0.25) is 5.91 Å². The van der Waals surface area contributed by atoms with E-state index in [1.807, 2.05) is 29.2 Å². The van der Waals surface area contributed by atoms with Crippen molar-refractivity contribution in [2.24, 2.45) is 0 Å². The Morgan fingerprint density at radius 3 is 2.75 bits per heavy atom. The fraction of sp³-hybridized carbons (Fsp3) is 0.450. The number of urea groups is 1. The Morgan fingerprint density at radius 2 is 2.04 bits per heavy atom. The zero-order valence-electron chi connectivity index (χ0n) is 16.2. The highest BCUT2D eigenvalue weighted by atomic mass is 32.1. The first-order chi connectivity index (χ1) is 13.6. The molecular weight excluding hydrogens is 376 g/mol. The molecule has 0 spiro atoms. The molecule has 7 nitrogen and oxygen atoms in total. The Labute approximate surface area is 169 Å². The number of piperidine rings is 1. The van der Waals surface area contributed by atoms with Crippen molar-refractivity contribution in [2.45, 2.75) is 32.1 Å². The molecule has 1 fully saturated rings. The summed E-state index contributed by atoms with van der Waals surface area (Å²) >= 11 is 1.67. The normalized spacial score (nSPS) is 14.6. The molecule has 0 atom stereocenters. The number of para-hydroxylation sites is 2. The molecule has 1 aromatic heterocycles. The summed E-state index contributed by atoms with van der Waals surface area (Å²) in [5.41, 5.74) is 1.70. The highest BCUT2D eigenvalue weighted by Gasteiger charge is 2.26. The van der Waals surface area contributed by atoms with Gasteiger partial charge in [-0.2, -0.15) is 0 Å². The van der Waals surface area contributed by atoms with Crippen LogP contribution in [0.15, 0.2) is 29.6 Å². The average Bonchev–Trinajstić information content (AvgIpc) is 3.17. The minimum absolute atomic E-state index is 0.0192. The first-order valence-electron chi connectivity index (χ1n) is 9.44. The lowest BCUT2D eigenvalue weighted by molar-refractivity contribution is -0.118. The van der Waals surface area contributed by atoms with Gasteiger partial charge >= 0.3 is 6.03 Å². The van der Waals surface area contributed by atoms with E-state index in [2.05, 4.69) is 16.0 Å². The number of benzene rings is 1. The molecule has 2 aromatic rings. The highest BCUT2D eigenvalue weighted by Crippen LogP contribution is 2.31. The lowest BCUT2D eigenvalue weighted by atomic mass is 9.98. The van der Waals surface area contributed by atoms with Gasteiger partial charge in [0, 0.05) is 44.3 Å². The minimum Gasteiger partial charge on any atom is -0.495 e. The molecule has 150 valence electrons. The van der Waals surface area contributed by atoms with E-state index >= 15 is 0 Å². The maximum Gasteiger partial charge on any atom is 0.321 e. The lowest BCUT2D eigenvalue weighted by Crippen LogP contribution is -2.40. The van der Waals surface area contributed by atoms with Gasteiger partial charge in [0.05, 0.1) is 23.5 Å². The molecule has 0 unspecified atom stereocenters. The average molecular weight is 403 g/mol. The number of carbonyl (C=O) groups is 2. The Hall–Kier alpha value is -2.61. The van der Waals surface area contributed by atoms with Gasteiger partial charge in [-0.3, -0.25) is 4.79 Å². The van der Waals surface area contributed by atoms with E-state index in [-0.39, 0.29) is 11.9 Å². The van der Waals surface area contributed by atoms with Gasteiger partial charge in [0.25, 0.3) is 0 Å². The third kappa shape index (κ3) is 5.22. The molecule has 1 aliphatic heterocycles. The van der Waals surface area contributed by atoms with Crippen molar-refractivity contribution in [2.75, 3.05) is 32.1 Å². The minimum atomic E-state index is -0.0990. The van der Waals surface area contributed by atoms with Gasteiger partial charge in [0.1, 0.15) is 5.75 Å². The summed E-state index contributed by atoms with van der Waals surface area (Å²) in [4.78, 5) is 30.1. The number of aromatic nitrogens is 1. The Balaban J connectivity index is 1.49. The summed E-state index contributed by atoms with van der Waals surface area (Å²) in [7, 11) is 1.59. The molecule has 2 heterocycles. The number of rotatable bonds is 6. The van der Waals surface area contributed by atoms with Crippen LogP contribution in [0.25, 0.3) is 0 Å². The molecule has 3 amide bonds. The first-order valence-corrected chi connectivity index (χ1v) is 10.3. The van der Waals surface area contributed by atoms with Crippen LogP contribution >= 0.6 is 11.3 Å². The largest absolute Gasteiger partial charge is 0.495 e. The maximum absolute atomic E-state index is 12.6. The molecular formula is C20H26N4O3S. The molecule has 0 saturated carbocycles. The molecule has 2 N–H and O–H groups in total. The molecule has 1 aromatic carbocycles. The van der Waals surface area contributed by atoms with Crippen LogP contribution in [0.3, 0.4) is 0 Å². The molecule has 1 aliphatic rings. The Kier molecular flexibility index (Phi) is 6.86. The van der Waals surface area contributed by atoms with Gasteiger partial charge in [-0.1, -0.05) is 12.1 Å². The molecule has 0 bridgehead atoms. The highest BCUT2D eigenvalue weighted by molar-refractivity contribution is 7.09. The second kappa shape index (κ2) is 9.54. The number of carbonyl (C=O) groups excluding carboxylic acids is 2. The van der Waals surface area contributed by atoms with Gasteiger partial charge < -0.3 is 20.3 Å². The summed E-state index contributed by atoms with van der Waals surface area (Å²) in [5, 5.41) is 8.93. The molecule has 0 radical (unpaired) electrons. The van der Waals surface area contributed by atoms with E-state index in [1.54, 1.807) is 18.4 Å². The van der Waals surface area contributed by atoms with Crippen LogP contribution in [-0.2, 0) is 11.2 Å². The molecule has 1 saturated heterocycles. The number of thiazole rings is 1. The van der Waals surface area contributed by atoms with E-state index in [0.29, 0.717) is 37.0 Å². The van der Waals surface area contributed by atoms with Gasteiger partial charge in [-0.25, -0.2) is 9.78 Å². The van der Waals surface area contributed by atoms with Crippen LogP contribution in [0, 0.1) is 0 Å². The number of methoxy groups -OCH3 is 1. The van der Waals surface area contributed by atoms with Crippen molar-refractivity contribution < 1.29 is 14.3 Å². The third-order valence-electron chi connectivity index (χ3n) is 4.80. The number of likely N-dealkylation sites (tertiary alicyclic amines) is 1. The van der Waals surface area contributed by atoms with E-state index in [9.17, 15) is 9.59 Å². The van der Waals surface area contributed by atoms with Crippen molar-refractivity contribution in [1.29, 1.82) is 0 Å². The van der Waals surface area contributed by atoms with Gasteiger partial charge in [0.15, 0.2) is 0 Å². The maximum atomic E-state index is 12.6. The number of ether oxygens (including phenoxy) is 1. The summed E-state index contributed by atoms with van der Waals surface area (Å²) in [6, 6.07) is 7.31. The number of amides is 3. The molecule has 28 heavy (non-hydrogen) atoms. The first kappa shape index (κ1) is 20.1. The number of nitrogens with zero attached hydrogens (tertiary/aromatic N) is 2. The van der Waals surface area contributed by atoms with E-state index in [4.69, 9.17) is 9.72 Å². The van der Waals surface area contributed by atoms with Crippen LogP contribution < -0.4 is 15.4 Å². The second-order valence-electron chi connectivity index (χ2n) is 6.80. The summed E-state index contributed by atoms with van der Waals surface area (Å²) in [6.07, 6.45) is 2.55. The fourth-order valence-electron chi connectivity index (χ4n) is 3.26. The van der Waals surface area contributed by atoms with E-state index in [1.165, 1.54) is 6.92 Å².